The van der Waals surface area contributed by atoms with E-state index >= 15 is 0 Å². The number of rotatable bonds is 1. The van der Waals surface area contributed by atoms with Crippen molar-refractivity contribution in [2.45, 2.75) is 6.04 Å². The third-order valence-corrected chi connectivity index (χ3v) is 4.79. The fraction of sp³-hybridized carbons (Fsp3) is 0.400. The van der Waals surface area contributed by atoms with Crippen LogP contribution in [0.25, 0.3) is 0 Å². The van der Waals surface area contributed by atoms with Gasteiger partial charge >= 0.3 is 0 Å². The summed E-state index contributed by atoms with van der Waals surface area (Å²) in [5.41, 5.74) is 0.786. The Hall–Kier alpha value is -0.290. The highest BCUT2D eigenvalue weighted by molar-refractivity contribution is 7.91. The summed E-state index contributed by atoms with van der Waals surface area (Å²) in [6.45, 7) is 0.464. The molecule has 0 amide bonds. The van der Waals surface area contributed by atoms with Gasteiger partial charge in [0.25, 0.3) is 0 Å². The van der Waals surface area contributed by atoms with Gasteiger partial charge in [-0.2, -0.15) is 0 Å². The van der Waals surface area contributed by atoms with Crippen molar-refractivity contribution in [3.05, 3.63) is 33.8 Å². The molecule has 1 atom stereocenters. The van der Waals surface area contributed by atoms with Crippen molar-refractivity contribution in [1.82, 2.24) is 5.32 Å². The van der Waals surface area contributed by atoms with Crippen molar-refractivity contribution in [1.29, 1.82) is 0 Å². The summed E-state index contributed by atoms with van der Waals surface area (Å²) >= 11 is 11.8. The van der Waals surface area contributed by atoms with E-state index in [9.17, 15) is 8.42 Å². The molecular weight excluding hydrogens is 269 g/mol. The van der Waals surface area contributed by atoms with Crippen LogP contribution in [0.4, 0.5) is 0 Å². The number of hydrogen-bond acceptors (Lipinski definition) is 3. The molecule has 1 heterocycles. The van der Waals surface area contributed by atoms with Crippen LogP contribution >= 0.6 is 23.2 Å². The minimum absolute atomic E-state index is 0.0916. The molecule has 0 radical (unpaired) electrons. The van der Waals surface area contributed by atoms with Crippen LogP contribution in [-0.2, 0) is 9.84 Å². The van der Waals surface area contributed by atoms with E-state index in [4.69, 9.17) is 23.2 Å². The van der Waals surface area contributed by atoms with Gasteiger partial charge in [-0.15, -0.1) is 0 Å². The Bertz CT molecular complexity index is 502. The first kappa shape index (κ1) is 12.2. The summed E-state index contributed by atoms with van der Waals surface area (Å²) < 4.78 is 23.0. The quantitative estimate of drug-likeness (QED) is 0.856. The number of benzene rings is 1. The molecule has 2 rings (SSSR count). The molecule has 0 saturated carbocycles. The van der Waals surface area contributed by atoms with Gasteiger partial charge < -0.3 is 5.32 Å². The molecule has 16 heavy (non-hydrogen) atoms. The van der Waals surface area contributed by atoms with E-state index in [-0.39, 0.29) is 17.5 Å². The zero-order chi connectivity index (χ0) is 11.8. The Morgan fingerprint density at radius 2 is 2.06 bits per heavy atom. The molecule has 6 heteroatoms. The van der Waals surface area contributed by atoms with Crippen LogP contribution in [0.3, 0.4) is 0 Å². The highest BCUT2D eigenvalue weighted by Crippen LogP contribution is 2.28. The molecule has 3 nitrogen and oxygen atoms in total. The van der Waals surface area contributed by atoms with E-state index in [1.54, 1.807) is 18.2 Å². The Labute approximate surface area is 105 Å². The van der Waals surface area contributed by atoms with Gasteiger partial charge in [-0.05, 0) is 17.7 Å². The SMILES string of the molecule is O=S1(=O)CCNC(c2ccc(Cl)cc2Cl)C1. The number of halogens is 2. The molecule has 1 N–H and O–H groups in total. The van der Waals surface area contributed by atoms with Crippen molar-refractivity contribution >= 4 is 33.0 Å². The largest absolute Gasteiger partial charge is 0.308 e. The highest BCUT2D eigenvalue weighted by atomic mass is 35.5. The number of hydrogen-bond donors (Lipinski definition) is 1. The minimum atomic E-state index is -2.96. The van der Waals surface area contributed by atoms with Gasteiger partial charge in [0.05, 0.1) is 11.5 Å². The second kappa shape index (κ2) is 4.53. The fourth-order valence-electron chi connectivity index (χ4n) is 1.77. The maximum atomic E-state index is 11.5. The lowest BCUT2D eigenvalue weighted by atomic mass is 10.1. The zero-order valence-electron chi connectivity index (χ0n) is 8.41. The van der Waals surface area contributed by atoms with Gasteiger partial charge in [-0.3, -0.25) is 0 Å². The summed E-state index contributed by atoms with van der Waals surface area (Å²) in [5, 5.41) is 4.20. The molecule has 1 fully saturated rings. The molecule has 0 aliphatic carbocycles. The molecule has 1 aromatic carbocycles. The Kier molecular flexibility index (Phi) is 3.45. The normalized spacial score (nSPS) is 24.2. The fourth-order valence-corrected chi connectivity index (χ4v) is 3.71. The molecule has 0 aromatic heterocycles. The lowest BCUT2D eigenvalue weighted by molar-refractivity contribution is 0.531. The van der Waals surface area contributed by atoms with Crippen molar-refractivity contribution in [2.24, 2.45) is 0 Å². The standard InChI is InChI=1S/C10H11Cl2NO2S/c11-7-1-2-8(9(12)5-7)10-6-16(14,15)4-3-13-10/h1-2,5,10,13H,3-4,6H2. The molecule has 0 bridgehead atoms. The smallest absolute Gasteiger partial charge is 0.153 e. The van der Waals surface area contributed by atoms with E-state index in [2.05, 4.69) is 5.32 Å². The van der Waals surface area contributed by atoms with E-state index in [1.165, 1.54) is 0 Å². The van der Waals surface area contributed by atoms with E-state index in [0.29, 0.717) is 16.6 Å². The third-order valence-electron chi connectivity index (χ3n) is 2.56. The van der Waals surface area contributed by atoms with Crippen LogP contribution in [0, 0.1) is 0 Å². The Morgan fingerprint density at radius 1 is 1.31 bits per heavy atom. The maximum Gasteiger partial charge on any atom is 0.153 e. The summed E-state index contributed by atoms with van der Waals surface area (Å²) in [6, 6.07) is 4.87. The summed E-state index contributed by atoms with van der Waals surface area (Å²) in [5.74, 6) is 0.281. The third kappa shape index (κ3) is 2.69. The molecule has 0 spiro atoms. The van der Waals surface area contributed by atoms with E-state index in [0.717, 1.165) is 5.56 Å². The average molecular weight is 280 g/mol. The van der Waals surface area contributed by atoms with Crippen molar-refractivity contribution in [3.63, 3.8) is 0 Å². The van der Waals surface area contributed by atoms with Crippen molar-refractivity contribution < 1.29 is 8.42 Å². The van der Waals surface area contributed by atoms with Gasteiger partial charge in [0.1, 0.15) is 0 Å². The van der Waals surface area contributed by atoms with E-state index < -0.39 is 9.84 Å². The summed E-state index contributed by atoms with van der Waals surface area (Å²) in [6.07, 6.45) is 0. The topological polar surface area (TPSA) is 46.2 Å². The minimum Gasteiger partial charge on any atom is -0.308 e. The van der Waals surface area contributed by atoms with Crippen LogP contribution in [0.5, 0.6) is 0 Å². The van der Waals surface area contributed by atoms with Crippen LogP contribution < -0.4 is 5.32 Å². The van der Waals surface area contributed by atoms with Crippen LogP contribution in [0.15, 0.2) is 18.2 Å². The summed E-state index contributed by atoms with van der Waals surface area (Å²) in [7, 11) is -2.96. The molecule has 88 valence electrons. The first-order chi connectivity index (χ1) is 7.48. The monoisotopic (exact) mass is 279 g/mol. The first-order valence-corrected chi connectivity index (χ1v) is 7.44. The van der Waals surface area contributed by atoms with Gasteiger partial charge in [-0.25, -0.2) is 8.42 Å². The molecular formula is C10H11Cl2NO2S. The number of sulfone groups is 1. The molecule has 1 saturated heterocycles. The van der Waals surface area contributed by atoms with Crippen molar-refractivity contribution in [2.75, 3.05) is 18.1 Å². The first-order valence-electron chi connectivity index (χ1n) is 4.87. The zero-order valence-corrected chi connectivity index (χ0v) is 10.7. The van der Waals surface area contributed by atoms with Crippen LogP contribution in [0.1, 0.15) is 11.6 Å². The summed E-state index contributed by atoms with van der Waals surface area (Å²) in [4.78, 5) is 0. The van der Waals surface area contributed by atoms with Crippen molar-refractivity contribution in [3.8, 4) is 0 Å². The highest BCUT2D eigenvalue weighted by Gasteiger charge is 2.26. The average Bonchev–Trinajstić information content (AvgIpc) is 2.15. The second-order valence-corrected chi connectivity index (χ2v) is 6.86. The Balaban J connectivity index is 2.30. The van der Waals surface area contributed by atoms with Gasteiger partial charge in [0.15, 0.2) is 9.84 Å². The molecule has 1 aromatic rings. The lowest BCUT2D eigenvalue weighted by Gasteiger charge is -2.24. The molecule has 1 aliphatic heterocycles. The van der Waals surface area contributed by atoms with E-state index in [1.807, 2.05) is 0 Å². The van der Waals surface area contributed by atoms with Crippen LogP contribution in [-0.4, -0.2) is 26.5 Å². The second-order valence-electron chi connectivity index (χ2n) is 3.79. The van der Waals surface area contributed by atoms with Crippen LogP contribution in [0.2, 0.25) is 10.0 Å². The van der Waals surface area contributed by atoms with Gasteiger partial charge in [0.2, 0.25) is 0 Å². The predicted molar refractivity (Wildman–Crippen MR) is 65.9 cm³/mol. The number of nitrogens with one attached hydrogen (secondary N) is 1. The molecule has 1 aliphatic rings. The predicted octanol–water partition coefficient (Wildman–Crippen LogP) is 2.05. The maximum absolute atomic E-state index is 11.5. The van der Waals surface area contributed by atoms with Gasteiger partial charge in [0, 0.05) is 22.6 Å². The lowest BCUT2D eigenvalue weighted by Crippen LogP contribution is -2.39. The van der Waals surface area contributed by atoms with Gasteiger partial charge in [-0.1, -0.05) is 29.3 Å². The molecule has 1 unspecified atom stereocenters. The Morgan fingerprint density at radius 3 is 2.69 bits per heavy atom.